The van der Waals surface area contributed by atoms with Crippen LogP contribution in [0.2, 0.25) is 0 Å². The van der Waals surface area contributed by atoms with Gasteiger partial charge in [-0.25, -0.2) is 0 Å². The number of nitrogens with two attached hydrogens (primary N) is 1. The van der Waals surface area contributed by atoms with Gasteiger partial charge in [-0.1, -0.05) is 27.7 Å². The van der Waals surface area contributed by atoms with Gasteiger partial charge in [-0.3, -0.25) is 29.1 Å². The standard InChI is InChI=1S/C25H37N3O4.C25H39N3O2.CH4O.CH3.Pd.H2/c1-23(30)10-11-24(2)16(12-23)4-5-18-19-6-7-21(25(19,3)9-8-20(18)24)22(29)15-27-14-17(13-26-27)28(31)32;1-23(30)10-11-24(2)16(12-23)4-5-18-19-6-7-21(25(19,3)9-8-20(18)24)22(29)15-28-14-17(26)13-27-28;1-2;;;/h13-14,16,18-21,30H,4-12,15H2,1-3H3;13-14,16,18-21,30H,4-12,15,26H2,1-3H3;2H,1H3;1H3;;1H/q;;;-1;;/t2*16-,18+,19+,20+,21-,23-,24+,25+;;;;/m11..../s1. The number of aliphatic hydroxyl groups excluding tert-OH is 1. The first-order chi connectivity index (χ1) is 30.2. The molecule has 66 heavy (non-hydrogen) atoms. The van der Waals surface area contributed by atoms with Crippen molar-refractivity contribution in [1.82, 2.24) is 19.6 Å². The van der Waals surface area contributed by atoms with Crippen LogP contribution in [-0.2, 0) is 43.1 Å². The summed E-state index contributed by atoms with van der Waals surface area (Å²) in [6.07, 6.45) is 26.0. The van der Waals surface area contributed by atoms with Crippen molar-refractivity contribution in [3.63, 3.8) is 0 Å². The number of anilines is 1. The van der Waals surface area contributed by atoms with E-state index >= 15 is 0 Å². The molecule has 8 saturated carbocycles. The number of nitro groups is 1. The molecule has 8 fully saturated rings. The average Bonchev–Trinajstić information content (AvgIpc) is 4.04. The van der Waals surface area contributed by atoms with Crippen LogP contribution >= 0.6 is 0 Å². The van der Waals surface area contributed by atoms with Gasteiger partial charge in [0.1, 0.15) is 18.9 Å². The molecule has 0 spiro atoms. The summed E-state index contributed by atoms with van der Waals surface area (Å²) in [5.74, 6) is 6.16. The Hall–Kier alpha value is -2.50. The number of hydrogen-bond donors (Lipinski definition) is 4. The zero-order valence-electron chi connectivity index (χ0n) is 41.3. The zero-order valence-corrected chi connectivity index (χ0v) is 42.9. The third kappa shape index (κ3) is 9.31. The van der Waals surface area contributed by atoms with Crippen LogP contribution in [0.25, 0.3) is 0 Å². The molecular formula is C52H85N6O7Pd-. The van der Waals surface area contributed by atoms with Crippen LogP contribution in [0.4, 0.5) is 11.4 Å². The van der Waals surface area contributed by atoms with Crippen molar-refractivity contribution >= 4 is 22.9 Å². The molecule has 16 atom stereocenters. The van der Waals surface area contributed by atoms with Crippen LogP contribution < -0.4 is 5.73 Å². The number of ketones is 2. The summed E-state index contributed by atoms with van der Waals surface area (Å²) in [6, 6.07) is 0. The fraction of sp³-hybridized carbons (Fsp3) is 0.827. The molecule has 0 aliphatic heterocycles. The van der Waals surface area contributed by atoms with Gasteiger partial charge in [0.2, 0.25) is 0 Å². The van der Waals surface area contributed by atoms with E-state index in [9.17, 15) is 29.9 Å². The number of aliphatic hydroxyl groups is 3. The minimum absolute atomic E-state index is 0. The van der Waals surface area contributed by atoms with E-state index in [1.54, 1.807) is 17.1 Å². The maximum absolute atomic E-state index is 13.3. The van der Waals surface area contributed by atoms with Crippen molar-refractivity contribution in [2.45, 2.75) is 181 Å². The van der Waals surface area contributed by atoms with Crippen molar-refractivity contribution in [2.75, 3.05) is 12.8 Å². The van der Waals surface area contributed by atoms with Crippen molar-refractivity contribution in [3.05, 3.63) is 42.3 Å². The van der Waals surface area contributed by atoms with Crippen LogP contribution in [0.1, 0.15) is 159 Å². The van der Waals surface area contributed by atoms with Gasteiger partial charge < -0.3 is 28.5 Å². The Morgan fingerprint density at radius 1 is 0.652 bits per heavy atom. The number of nitrogen functional groups attached to an aromatic ring is 1. The van der Waals surface area contributed by atoms with Gasteiger partial charge in [0.25, 0.3) is 0 Å². The van der Waals surface area contributed by atoms with E-state index in [2.05, 4.69) is 37.9 Å². The number of rotatable bonds is 7. The molecule has 2 aromatic rings. The molecule has 0 saturated heterocycles. The van der Waals surface area contributed by atoms with E-state index in [1.165, 1.54) is 74.9 Å². The summed E-state index contributed by atoms with van der Waals surface area (Å²) < 4.78 is 3.14. The third-order valence-electron chi connectivity index (χ3n) is 20.8. The molecule has 8 aliphatic carbocycles. The van der Waals surface area contributed by atoms with Crippen molar-refractivity contribution in [1.29, 1.82) is 0 Å². The molecule has 0 amide bonds. The van der Waals surface area contributed by atoms with Crippen LogP contribution in [0, 0.1) is 98.4 Å². The molecule has 14 heteroatoms. The van der Waals surface area contributed by atoms with Crippen molar-refractivity contribution in [3.8, 4) is 0 Å². The number of aromatic nitrogens is 4. The summed E-state index contributed by atoms with van der Waals surface area (Å²) in [7, 11) is 1.00. The van der Waals surface area contributed by atoms with Crippen molar-refractivity contribution < 1.29 is 51.7 Å². The number of hydrogen-bond acceptors (Lipinski definition) is 10. The van der Waals surface area contributed by atoms with Crippen molar-refractivity contribution in [2.24, 2.45) is 80.8 Å². The Labute approximate surface area is 409 Å². The number of fused-ring (bicyclic) bond motifs is 10. The Balaban J connectivity index is 0.000000232. The van der Waals surface area contributed by atoms with Gasteiger partial charge in [0.15, 0.2) is 11.6 Å². The Morgan fingerprint density at radius 2 is 1.06 bits per heavy atom. The maximum atomic E-state index is 13.3. The van der Waals surface area contributed by atoms with Gasteiger partial charge in [-0.2, -0.15) is 10.2 Å². The second-order valence-corrected chi connectivity index (χ2v) is 24.1. The van der Waals surface area contributed by atoms with E-state index in [0.29, 0.717) is 64.4 Å². The van der Waals surface area contributed by atoms with Crippen LogP contribution in [0.3, 0.4) is 0 Å². The monoisotopic (exact) mass is 1010 g/mol. The Kier molecular flexibility index (Phi) is 15.5. The average molecular weight is 1010 g/mol. The summed E-state index contributed by atoms with van der Waals surface area (Å²) in [5.41, 5.74) is 6.23. The predicted molar refractivity (Wildman–Crippen MR) is 254 cm³/mol. The van der Waals surface area contributed by atoms with Gasteiger partial charge in [-0.05, 0) is 198 Å². The maximum Gasteiger partial charge on any atom is 0.307 e. The minimum atomic E-state index is -0.507. The predicted octanol–water partition coefficient (Wildman–Crippen LogP) is 9.52. The van der Waals surface area contributed by atoms with E-state index in [4.69, 9.17) is 10.8 Å². The Morgan fingerprint density at radius 3 is 1.45 bits per heavy atom. The first-order valence-electron chi connectivity index (χ1n) is 25.1. The first kappa shape index (κ1) is 52.9. The molecule has 10 rings (SSSR count). The molecule has 8 aliphatic rings. The summed E-state index contributed by atoms with van der Waals surface area (Å²) in [5, 5.41) is 47.6. The van der Waals surface area contributed by atoms with E-state index < -0.39 is 16.1 Å². The van der Waals surface area contributed by atoms with Gasteiger partial charge in [0.05, 0.1) is 34.6 Å². The number of Topliss-reactive ketones (excluding diaryl/α,β-unsaturated/α-hetero) is 2. The normalized spacial score (nSPS) is 44.0. The first-order valence-corrected chi connectivity index (χ1v) is 25.1. The molecule has 2 heterocycles. The van der Waals surface area contributed by atoms with Crippen LogP contribution in [0.5, 0.6) is 0 Å². The second kappa shape index (κ2) is 19.4. The largest absolute Gasteiger partial charge is 0.400 e. The number of nitrogens with zero attached hydrogens (tertiary/aromatic N) is 5. The third-order valence-corrected chi connectivity index (χ3v) is 20.8. The molecule has 5 N–H and O–H groups in total. The molecule has 376 valence electrons. The molecule has 0 bridgehead atoms. The van der Waals surface area contributed by atoms with Gasteiger partial charge in [-0.15, -0.1) is 0 Å². The van der Waals surface area contributed by atoms with Crippen LogP contribution in [-0.4, -0.2) is 69.7 Å². The SMILES string of the molecule is CO.C[C@@]1(O)CC[C@@]2(C)[C@H](CC[C@@H]3[C@@H]2CC[C@]2(C)[C@@H](C(=O)Cn4cc(N)cn4)CC[C@@H]32)C1.C[C@@]1(O)CC[C@@]2(C)[C@H](CC[C@@H]3[C@@H]2CC[C@]2(C)[C@@H](C(=O)Cn4cc([N+](=O)[O-])cn4)CC[C@@H]32)C1.[CH3-].[HH].[Pd]. The molecule has 0 unspecified atom stereocenters. The number of carbonyl (C=O) groups is 2. The van der Waals surface area contributed by atoms with E-state index in [0.717, 1.165) is 76.7 Å². The summed E-state index contributed by atoms with van der Waals surface area (Å²) in [6.45, 7) is 14.3. The van der Waals surface area contributed by atoms with Crippen LogP contribution in [0.15, 0.2) is 24.8 Å². The van der Waals surface area contributed by atoms with Gasteiger partial charge in [0, 0.05) is 47.0 Å². The quantitative estimate of drug-likeness (QED) is 0.0897. The zero-order chi connectivity index (χ0) is 46.2. The fourth-order valence-electron chi connectivity index (χ4n) is 17.5. The van der Waals surface area contributed by atoms with E-state index in [1.807, 2.05) is 13.8 Å². The summed E-state index contributed by atoms with van der Waals surface area (Å²) >= 11 is 0. The number of carbonyl (C=O) groups excluding carboxylic acids is 2. The van der Waals surface area contributed by atoms with E-state index in [-0.39, 0.29) is 70.0 Å². The Bertz CT molecular complexity index is 2060. The topological polar surface area (TPSA) is 200 Å². The minimum Gasteiger partial charge on any atom is -0.400 e. The summed E-state index contributed by atoms with van der Waals surface area (Å²) in [4.78, 5) is 37.1. The molecular weight excluding hydrogens is 927 g/mol. The molecule has 0 aromatic carbocycles. The fourth-order valence-corrected chi connectivity index (χ4v) is 17.5. The molecule has 2 aromatic heterocycles. The second-order valence-electron chi connectivity index (χ2n) is 24.1. The van der Waals surface area contributed by atoms with Gasteiger partial charge >= 0.3 is 5.69 Å². The smallest absolute Gasteiger partial charge is 0.307 e. The molecule has 0 radical (unpaired) electrons. The molecule has 13 nitrogen and oxygen atoms in total.